The van der Waals surface area contributed by atoms with Crippen molar-refractivity contribution >= 4 is 5.91 Å². The molecule has 0 atom stereocenters. The molecule has 2 N–H and O–H groups in total. The Morgan fingerprint density at radius 3 is 2.93 bits per heavy atom. The van der Waals surface area contributed by atoms with Crippen LogP contribution >= 0.6 is 0 Å². The van der Waals surface area contributed by atoms with Crippen LogP contribution in [-0.4, -0.2) is 35.1 Å². The first kappa shape index (κ1) is 11.7. The largest absolute Gasteiger partial charge is 0.369 e. The molecule has 0 radical (unpaired) electrons. The number of aromatic amines is 1. The van der Waals surface area contributed by atoms with E-state index in [1.807, 2.05) is 0 Å². The second-order valence-corrected chi connectivity index (χ2v) is 3.76. The summed E-state index contributed by atoms with van der Waals surface area (Å²) in [5, 5.41) is 2.79. The molecule has 5 nitrogen and oxygen atoms in total. The summed E-state index contributed by atoms with van der Waals surface area (Å²) in [7, 11) is 1.52. The molecule has 0 saturated carbocycles. The van der Waals surface area contributed by atoms with Crippen LogP contribution in [0, 0.1) is 0 Å². The molecule has 5 heteroatoms. The Kier molecular flexibility index (Phi) is 3.85. The number of carbonyl (C=O) groups is 1. The van der Waals surface area contributed by atoms with E-state index in [9.17, 15) is 4.79 Å². The molecule has 1 aromatic heterocycles. The van der Waals surface area contributed by atoms with Gasteiger partial charge in [0.1, 0.15) is 11.4 Å². The molecule has 0 bridgehead atoms. The highest BCUT2D eigenvalue weighted by Crippen LogP contribution is 2.06. The van der Waals surface area contributed by atoms with E-state index in [1.54, 1.807) is 26.2 Å². The van der Waals surface area contributed by atoms with Crippen molar-refractivity contribution in [3.05, 3.63) is 18.2 Å². The number of ether oxygens (including phenoxy) is 1. The topological polar surface area (TPSA) is 67.0 Å². The predicted octanol–water partition coefficient (Wildman–Crippen LogP) is 0.493. The Balaban J connectivity index is 2.29. The van der Waals surface area contributed by atoms with Crippen molar-refractivity contribution in [2.24, 2.45) is 0 Å². The molecule has 0 spiro atoms. The van der Waals surface area contributed by atoms with Gasteiger partial charge >= 0.3 is 0 Å². The highest BCUT2D eigenvalue weighted by Gasteiger charge is 2.26. The molecule has 1 aromatic rings. The van der Waals surface area contributed by atoms with Crippen LogP contribution in [0.2, 0.25) is 0 Å². The highest BCUT2D eigenvalue weighted by molar-refractivity contribution is 5.84. The third kappa shape index (κ3) is 3.36. The van der Waals surface area contributed by atoms with Crippen LogP contribution in [0.1, 0.15) is 19.7 Å². The summed E-state index contributed by atoms with van der Waals surface area (Å²) < 4.78 is 5.05. The maximum Gasteiger partial charge on any atom is 0.251 e. The normalized spacial score (nSPS) is 11.4. The Bertz CT molecular complexity index is 306. The Hall–Kier alpha value is -1.36. The Labute approximate surface area is 89.2 Å². The van der Waals surface area contributed by atoms with Gasteiger partial charge < -0.3 is 15.0 Å². The first-order valence-electron chi connectivity index (χ1n) is 4.88. The van der Waals surface area contributed by atoms with Gasteiger partial charge in [0.15, 0.2) is 0 Å². The van der Waals surface area contributed by atoms with Crippen molar-refractivity contribution in [2.45, 2.75) is 25.9 Å². The minimum atomic E-state index is -0.775. The number of amides is 1. The van der Waals surface area contributed by atoms with Gasteiger partial charge in [0.25, 0.3) is 5.91 Å². The molecular weight excluding hydrogens is 194 g/mol. The SMILES string of the molecule is COC(C)(C)C(=O)NCCc1ncc[nH]1. The first-order chi connectivity index (χ1) is 7.06. The molecule has 0 aliphatic rings. The van der Waals surface area contributed by atoms with Gasteiger partial charge in [-0.15, -0.1) is 0 Å². The highest BCUT2D eigenvalue weighted by atomic mass is 16.5. The maximum absolute atomic E-state index is 11.6. The molecule has 84 valence electrons. The van der Waals surface area contributed by atoms with Crippen molar-refractivity contribution in [3.8, 4) is 0 Å². The lowest BCUT2D eigenvalue weighted by Gasteiger charge is -2.21. The smallest absolute Gasteiger partial charge is 0.251 e. The van der Waals surface area contributed by atoms with Crippen molar-refractivity contribution in [3.63, 3.8) is 0 Å². The van der Waals surface area contributed by atoms with Crippen molar-refractivity contribution in [1.82, 2.24) is 15.3 Å². The van der Waals surface area contributed by atoms with E-state index in [0.717, 1.165) is 5.82 Å². The van der Waals surface area contributed by atoms with Gasteiger partial charge in [0, 0.05) is 32.5 Å². The van der Waals surface area contributed by atoms with Gasteiger partial charge in [0.05, 0.1) is 0 Å². The molecule has 1 amide bonds. The third-order valence-electron chi connectivity index (χ3n) is 2.26. The number of hydrogen-bond donors (Lipinski definition) is 2. The number of carbonyl (C=O) groups excluding carboxylic acids is 1. The number of nitrogens with zero attached hydrogens (tertiary/aromatic N) is 1. The number of rotatable bonds is 5. The molecule has 0 aliphatic heterocycles. The fourth-order valence-corrected chi connectivity index (χ4v) is 1.03. The zero-order chi connectivity index (χ0) is 11.3. The van der Waals surface area contributed by atoms with Gasteiger partial charge in [-0.1, -0.05) is 0 Å². The minimum absolute atomic E-state index is 0.114. The first-order valence-corrected chi connectivity index (χ1v) is 4.88. The van der Waals surface area contributed by atoms with Crippen LogP contribution in [-0.2, 0) is 16.0 Å². The standard InChI is InChI=1S/C10H17N3O2/c1-10(2,15-3)9(14)13-5-4-8-11-6-7-12-8/h6-7H,4-5H2,1-3H3,(H,11,12)(H,13,14). The fraction of sp³-hybridized carbons (Fsp3) is 0.600. The summed E-state index contributed by atoms with van der Waals surface area (Å²) in [6.45, 7) is 4.02. The van der Waals surface area contributed by atoms with Gasteiger partial charge in [0.2, 0.25) is 0 Å². The van der Waals surface area contributed by atoms with Crippen LogP contribution < -0.4 is 5.32 Å². The van der Waals surface area contributed by atoms with Gasteiger partial charge in [-0.2, -0.15) is 0 Å². The number of nitrogens with one attached hydrogen (secondary N) is 2. The molecule has 0 saturated heterocycles. The van der Waals surface area contributed by atoms with E-state index in [0.29, 0.717) is 13.0 Å². The van der Waals surface area contributed by atoms with Crippen LogP contribution in [0.4, 0.5) is 0 Å². The molecule has 0 aromatic carbocycles. The molecule has 0 unspecified atom stereocenters. The lowest BCUT2D eigenvalue weighted by Crippen LogP contribution is -2.44. The Morgan fingerprint density at radius 2 is 2.40 bits per heavy atom. The van der Waals surface area contributed by atoms with Crippen LogP contribution in [0.25, 0.3) is 0 Å². The fourth-order valence-electron chi connectivity index (χ4n) is 1.03. The Morgan fingerprint density at radius 1 is 1.67 bits per heavy atom. The number of aromatic nitrogens is 2. The van der Waals surface area contributed by atoms with E-state index in [4.69, 9.17) is 4.74 Å². The quantitative estimate of drug-likeness (QED) is 0.745. The second kappa shape index (κ2) is 4.93. The molecule has 0 aliphatic carbocycles. The predicted molar refractivity (Wildman–Crippen MR) is 56.4 cm³/mol. The lowest BCUT2D eigenvalue weighted by atomic mass is 10.1. The summed E-state index contributed by atoms with van der Waals surface area (Å²) in [6, 6.07) is 0. The van der Waals surface area contributed by atoms with E-state index in [2.05, 4.69) is 15.3 Å². The summed E-state index contributed by atoms with van der Waals surface area (Å²) in [4.78, 5) is 18.6. The summed E-state index contributed by atoms with van der Waals surface area (Å²) in [5.74, 6) is 0.752. The monoisotopic (exact) mass is 211 g/mol. The number of imidazole rings is 1. The van der Waals surface area contributed by atoms with Crippen LogP contribution in [0.15, 0.2) is 12.4 Å². The van der Waals surface area contributed by atoms with Crippen molar-refractivity contribution < 1.29 is 9.53 Å². The number of methoxy groups -OCH3 is 1. The van der Waals surface area contributed by atoms with E-state index in [1.165, 1.54) is 7.11 Å². The molecule has 15 heavy (non-hydrogen) atoms. The molecule has 1 rings (SSSR count). The third-order valence-corrected chi connectivity index (χ3v) is 2.26. The summed E-state index contributed by atoms with van der Waals surface area (Å²) in [5.41, 5.74) is -0.775. The van der Waals surface area contributed by atoms with Crippen LogP contribution in [0.5, 0.6) is 0 Å². The number of hydrogen-bond acceptors (Lipinski definition) is 3. The molecule has 0 fully saturated rings. The lowest BCUT2D eigenvalue weighted by molar-refractivity contribution is -0.139. The van der Waals surface area contributed by atoms with Gasteiger partial charge in [-0.25, -0.2) is 4.98 Å². The van der Waals surface area contributed by atoms with Crippen molar-refractivity contribution in [2.75, 3.05) is 13.7 Å². The van der Waals surface area contributed by atoms with E-state index >= 15 is 0 Å². The van der Waals surface area contributed by atoms with E-state index < -0.39 is 5.60 Å². The average Bonchev–Trinajstić information content (AvgIpc) is 2.70. The van der Waals surface area contributed by atoms with E-state index in [-0.39, 0.29) is 5.91 Å². The zero-order valence-corrected chi connectivity index (χ0v) is 9.33. The summed E-state index contributed by atoms with van der Waals surface area (Å²) >= 11 is 0. The zero-order valence-electron chi connectivity index (χ0n) is 9.33. The van der Waals surface area contributed by atoms with Crippen LogP contribution in [0.3, 0.4) is 0 Å². The van der Waals surface area contributed by atoms with Crippen molar-refractivity contribution in [1.29, 1.82) is 0 Å². The second-order valence-electron chi connectivity index (χ2n) is 3.76. The average molecular weight is 211 g/mol. The molecular formula is C10H17N3O2. The minimum Gasteiger partial charge on any atom is -0.369 e. The van der Waals surface area contributed by atoms with Gasteiger partial charge in [-0.05, 0) is 13.8 Å². The summed E-state index contributed by atoms with van der Waals surface area (Å²) in [6.07, 6.45) is 4.14. The maximum atomic E-state index is 11.6. The van der Waals surface area contributed by atoms with Gasteiger partial charge in [-0.3, -0.25) is 4.79 Å². The molecule has 1 heterocycles. The number of H-pyrrole nitrogens is 1.